The van der Waals surface area contributed by atoms with Crippen LogP contribution in [0, 0.1) is 6.92 Å². The molecule has 1 N–H and O–H groups in total. The predicted molar refractivity (Wildman–Crippen MR) is 117 cm³/mol. The van der Waals surface area contributed by atoms with E-state index in [1.807, 2.05) is 6.92 Å². The van der Waals surface area contributed by atoms with E-state index in [4.69, 9.17) is 33.2 Å². The molecule has 0 radical (unpaired) electrons. The summed E-state index contributed by atoms with van der Waals surface area (Å²) in [6.07, 6.45) is -1.54. The van der Waals surface area contributed by atoms with E-state index in [-0.39, 0.29) is 46.1 Å². The van der Waals surface area contributed by atoms with Crippen LogP contribution < -0.4 is 4.74 Å². The van der Waals surface area contributed by atoms with Gasteiger partial charge in [-0.05, 0) is 31.0 Å². The molecule has 6 aliphatic rings. The molecule has 0 saturated carbocycles. The number of fused-ring (bicyclic) bond motifs is 8. The fourth-order valence-electron chi connectivity index (χ4n) is 6.68. The van der Waals surface area contributed by atoms with Gasteiger partial charge in [0.1, 0.15) is 17.6 Å². The van der Waals surface area contributed by atoms with Gasteiger partial charge in [-0.1, -0.05) is 12.1 Å². The molecule has 5 aliphatic heterocycles. The van der Waals surface area contributed by atoms with Crippen molar-refractivity contribution in [2.45, 2.75) is 49.0 Å². The number of hydrogen-bond acceptors (Lipinski definition) is 10. The Bertz CT molecular complexity index is 1390. The average Bonchev–Trinajstić information content (AvgIpc) is 3.54. The van der Waals surface area contributed by atoms with Gasteiger partial charge in [-0.2, -0.15) is 0 Å². The predicted octanol–water partition coefficient (Wildman–Crippen LogP) is 1.91. The molecule has 1 spiro atoms. The summed E-state index contributed by atoms with van der Waals surface area (Å²) in [5.41, 5.74) is 0.454. The van der Waals surface area contributed by atoms with Gasteiger partial charge in [-0.15, -0.1) is 0 Å². The van der Waals surface area contributed by atoms with Gasteiger partial charge in [-0.25, -0.2) is 0 Å². The van der Waals surface area contributed by atoms with E-state index < -0.39 is 41.5 Å². The van der Waals surface area contributed by atoms with Crippen molar-refractivity contribution in [2.75, 3.05) is 26.9 Å². The number of ether oxygens (including phenoxy) is 7. The third kappa shape index (κ3) is 2.10. The molecule has 5 atom stereocenters. The molecule has 5 heterocycles. The highest BCUT2D eigenvalue weighted by Gasteiger charge is 2.93. The van der Waals surface area contributed by atoms with E-state index in [2.05, 4.69) is 0 Å². The van der Waals surface area contributed by atoms with E-state index in [1.54, 1.807) is 6.07 Å². The van der Waals surface area contributed by atoms with E-state index in [9.17, 15) is 14.7 Å². The van der Waals surface area contributed by atoms with Crippen LogP contribution in [0.5, 0.6) is 11.5 Å². The number of carbonyl (C=O) groups is 2. The van der Waals surface area contributed by atoms with E-state index in [0.717, 1.165) is 6.42 Å². The monoisotopic (exact) mass is 494 g/mol. The lowest BCUT2D eigenvalue weighted by atomic mass is 9.75. The van der Waals surface area contributed by atoms with E-state index >= 15 is 0 Å². The quantitative estimate of drug-likeness (QED) is 0.529. The fourth-order valence-corrected chi connectivity index (χ4v) is 6.68. The summed E-state index contributed by atoms with van der Waals surface area (Å²) in [7, 11) is 1.49. The van der Waals surface area contributed by atoms with Crippen molar-refractivity contribution in [1.82, 2.24) is 0 Å². The lowest BCUT2D eigenvalue weighted by Crippen LogP contribution is -2.70. The molecule has 186 valence electrons. The molecule has 10 heteroatoms. The standard InChI is InChI=1S/C26H22O10/c1-11-9-13-17(19(29)16-12(18(13)28)5-3-6-14(16)27)20-15(11)21-22-25(30-2,34-20)24(10-33-24)26(35-21,36-22)23-31-7-4-8-32-23/h3,5-6,9,21-23,27H,4,7-8,10H2,1-2H3/t21?,22?,24-,25+,26?/m0/s1. The number of phenolic OH excluding ortho intramolecular Hbond substituents is 1. The third-order valence-corrected chi connectivity index (χ3v) is 8.30. The van der Waals surface area contributed by atoms with Crippen LogP contribution in [-0.2, 0) is 28.4 Å². The number of rotatable bonds is 2. The highest BCUT2D eigenvalue weighted by Crippen LogP contribution is 2.71. The Morgan fingerprint density at radius 3 is 2.56 bits per heavy atom. The largest absolute Gasteiger partial charge is 0.507 e. The van der Waals surface area contributed by atoms with Crippen LogP contribution in [0.4, 0.5) is 0 Å². The van der Waals surface area contributed by atoms with Crippen molar-refractivity contribution >= 4 is 11.6 Å². The first-order valence-corrected chi connectivity index (χ1v) is 11.9. The molecule has 2 aromatic carbocycles. The molecule has 10 nitrogen and oxygen atoms in total. The van der Waals surface area contributed by atoms with Gasteiger partial charge >= 0.3 is 0 Å². The number of carbonyl (C=O) groups excluding carboxylic acids is 2. The van der Waals surface area contributed by atoms with Gasteiger partial charge in [0.15, 0.2) is 11.9 Å². The summed E-state index contributed by atoms with van der Waals surface area (Å²) < 4.78 is 43.6. The van der Waals surface area contributed by atoms with Gasteiger partial charge in [0.05, 0.1) is 30.9 Å². The number of hydrogen-bond donors (Lipinski definition) is 1. The summed E-state index contributed by atoms with van der Waals surface area (Å²) in [4.78, 5) is 27.2. The Morgan fingerprint density at radius 1 is 1.06 bits per heavy atom. The molecule has 1 aliphatic carbocycles. The maximum Gasteiger partial charge on any atom is 0.277 e. The minimum absolute atomic E-state index is 0.0498. The normalized spacial score (nSPS) is 37.5. The Labute approximate surface area is 204 Å². The molecular weight excluding hydrogens is 472 g/mol. The van der Waals surface area contributed by atoms with Crippen LogP contribution in [0.25, 0.3) is 0 Å². The first-order valence-electron chi connectivity index (χ1n) is 11.9. The van der Waals surface area contributed by atoms with E-state index in [1.165, 1.54) is 25.3 Å². The van der Waals surface area contributed by atoms with Crippen molar-refractivity contribution in [1.29, 1.82) is 0 Å². The van der Waals surface area contributed by atoms with Crippen molar-refractivity contribution in [3.8, 4) is 11.5 Å². The number of aryl methyl sites for hydroxylation is 1. The minimum atomic E-state index is -1.48. The molecule has 2 bridgehead atoms. The van der Waals surface area contributed by atoms with Gasteiger partial charge in [-0.3, -0.25) is 9.59 Å². The zero-order valence-corrected chi connectivity index (χ0v) is 19.5. The van der Waals surface area contributed by atoms with Gasteiger partial charge in [0.2, 0.25) is 17.7 Å². The summed E-state index contributed by atoms with van der Waals surface area (Å²) in [5.74, 6) is -3.86. The second kappa shape index (κ2) is 6.52. The van der Waals surface area contributed by atoms with Crippen molar-refractivity contribution in [3.63, 3.8) is 0 Å². The zero-order valence-electron chi connectivity index (χ0n) is 19.5. The highest BCUT2D eigenvalue weighted by molar-refractivity contribution is 6.30. The van der Waals surface area contributed by atoms with Crippen LogP contribution in [0.3, 0.4) is 0 Å². The Morgan fingerprint density at radius 2 is 1.83 bits per heavy atom. The van der Waals surface area contributed by atoms with Crippen LogP contribution in [0.15, 0.2) is 24.3 Å². The maximum absolute atomic E-state index is 13.8. The Kier molecular flexibility index (Phi) is 3.85. The summed E-state index contributed by atoms with van der Waals surface area (Å²) >= 11 is 0. The van der Waals surface area contributed by atoms with Crippen molar-refractivity contribution in [3.05, 3.63) is 57.6 Å². The van der Waals surface area contributed by atoms with Crippen LogP contribution in [0.2, 0.25) is 0 Å². The van der Waals surface area contributed by atoms with Gasteiger partial charge in [0.25, 0.3) is 11.6 Å². The van der Waals surface area contributed by atoms with Crippen molar-refractivity contribution in [2.24, 2.45) is 0 Å². The summed E-state index contributed by atoms with van der Waals surface area (Å²) in [5, 5.41) is 10.5. The molecule has 3 unspecified atom stereocenters. The lowest BCUT2D eigenvalue weighted by Gasteiger charge is -2.50. The first kappa shape index (κ1) is 21.2. The molecule has 0 aromatic heterocycles. The SMILES string of the molecule is CO[C@@]12Oc3c4c(cc(C)c3C3OC(C5OCCCO5)(OC31)[C@]21CO1)C(=O)c1cccc(O)c1C4=O. The second-order valence-electron chi connectivity index (χ2n) is 9.98. The molecule has 4 saturated heterocycles. The fraction of sp³-hybridized carbons (Fsp3) is 0.462. The Balaban J connectivity index is 1.36. The number of benzene rings is 2. The van der Waals surface area contributed by atoms with Crippen molar-refractivity contribution < 1.29 is 47.9 Å². The highest BCUT2D eigenvalue weighted by atomic mass is 16.9. The second-order valence-corrected chi connectivity index (χ2v) is 9.98. The molecule has 0 amide bonds. The molecule has 36 heavy (non-hydrogen) atoms. The Hall–Kier alpha value is -2.86. The summed E-state index contributed by atoms with van der Waals surface area (Å²) in [6, 6.07) is 6.13. The molecule has 8 rings (SSSR count). The number of phenols is 1. The number of methoxy groups -OCH3 is 1. The van der Waals surface area contributed by atoms with Crippen LogP contribution in [0.1, 0.15) is 55.5 Å². The first-order chi connectivity index (χ1) is 17.4. The molecule has 2 aromatic rings. The molecule has 4 fully saturated rings. The maximum atomic E-state index is 13.8. The number of aromatic hydroxyl groups is 1. The minimum Gasteiger partial charge on any atom is -0.507 e. The smallest absolute Gasteiger partial charge is 0.277 e. The van der Waals surface area contributed by atoms with Crippen LogP contribution in [-0.4, -0.2) is 73.2 Å². The van der Waals surface area contributed by atoms with Gasteiger partial charge in [0, 0.05) is 23.8 Å². The van der Waals surface area contributed by atoms with Gasteiger partial charge < -0.3 is 38.3 Å². The third-order valence-electron chi connectivity index (χ3n) is 8.30. The average molecular weight is 494 g/mol. The topological polar surface area (TPSA) is 122 Å². The molecular formula is C26H22O10. The number of epoxide rings is 1. The zero-order chi connectivity index (χ0) is 24.6. The van der Waals surface area contributed by atoms with Crippen LogP contribution >= 0.6 is 0 Å². The van der Waals surface area contributed by atoms with E-state index in [0.29, 0.717) is 24.3 Å². The number of ketones is 2. The summed E-state index contributed by atoms with van der Waals surface area (Å²) in [6.45, 7) is 2.99. The lowest BCUT2D eigenvalue weighted by molar-refractivity contribution is -0.365.